The van der Waals surface area contributed by atoms with Crippen LogP contribution in [0, 0.1) is 12.8 Å². The fraction of sp³-hybridized carbons (Fsp3) is 0.429. The van der Waals surface area contributed by atoms with Crippen molar-refractivity contribution in [2.24, 2.45) is 5.92 Å². The first-order valence-electron chi connectivity index (χ1n) is 9.24. The molecule has 0 aliphatic heterocycles. The summed E-state index contributed by atoms with van der Waals surface area (Å²) >= 11 is 0. The fourth-order valence-electron chi connectivity index (χ4n) is 2.46. The summed E-state index contributed by atoms with van der Waals surface area (Å²) in [6.07, 6.45) is 1.89. The van der Waals surface area contributed by atoms with Gasteiger partial charge in [-0.05, 0) is 24.6 Å². The van der Waals surface area contributed by atoms with Crippen LogP contribution in [0.4, 0.5) is 0 Å². The van der Waals surface area contributed by atoms with Crippen molar-refractivity contribution in [3.8, 4) is 5.88 Å². The molecule has 2 heterocycles. The predicted octanol–water partition coefficient (Wildman–Crippen LogP) is 2.51. The summed E-state index contributed by atoms with van der Waals surface area (Å²) in [4.78, 5) is 33.0. The number of methoxy groups -OCH3 is 1. The lowest BCUT2D eigenvalue weighted by atomic mass is 10.0. The van der Waals surface area contributed by atoms with Gasteiger partial charge in [-0.3, -0.25) is 14.6 Å². The molecule has 0 saturated heterocycles. The van der Waals surface area contributed by atoms with Gasteiger partial charge >= 0.3 is 0 Å². The van der Waals surface area contributed by atoms with Crippen molar-refractivity contribution in [2.75, 3.05) is 20.3 Å². The van der Waals surface area contributed by atoms with E-state index in [0.29, 0.717) is 42.6 Å². The highest BCUT2D eigenvalue weighted by Crippen LogP contribution is 2.11. The van der Waals surface area contributed by atoms with E-state index in [1.54, 1.807) is 31.5 Å². The topological polar surface area (TPSA) is 90.4 Å². The highest BCUT2D eigenvalue weighted by atomic mass is 16.5. The molecule has 0 radical (unpaired) electrons. The molecule has 0 atom stereocenters. The van der Waals surface area contributed by atoms with Gasteiger partial charge in [0.25, 0.3) is 5.91 Å². The Labute approximate surface area is 165 Å². The van der Waals surface area contributed by atoms with Crippen LogP contribution in [0.25, 0.3) is 0 Å². The molecule has 0 bridgehead atoms. The molecular weight excluding hydrogens is 358 g/mol. The smallest absolute Gasteiger partial charge is 0.251 e. The van der Waals surface area contributed by atoms with E-state index in [1.807, 2.05) is 26.8 Å². The Morgan fingerprint density at radius 1 is 1.18 bits per heavy atom. The number of hydrogen-bond donors (Lipinski definition) is 1. The van der Waals surface area contributed by atoms with Crippen LogP contribution in [0.15, 0.2) is 30.5 Å². The summed E-state index contributed by atoms with van der Waals surface area (Å²) in [5, 5.41) is 2.87. The summed E-state index contributed by atoms with van der Waals surface area (Å²) in [7, 11) is 1.61. The van der Waals surface area contributed by atoms with Crippen LogP contribution in [0.5, 0.6) is 5.88 Å². The van der Waals surface area contributed by atoms with Crippen LogP contribution in [0.1, 0.15) is 41.2 Å². The number of aromatic nitrogens is 2. The molecule has 0 unspecified atom stereocenters. The van der Waals surface area contributed by atoms with Crippen LogP contribution in [0.3, 0.4) is 0 Å². The number of nitrogens with one attached hydrogen (secondary N) is 1. The van der Waals surface area contributed by atoms with E-state index in [-0.39, 0.29) is 24.0 Å². The van der Waals surface area contributed by atoms with E-state index in [4.69, 9.17) is 9.47 Å². The Kier molecular flexibility index (Phi) is 8.07. The molecule has 1 N–H and O–H groups in total. The van der Waals surface area contributed by atoms with Crippen LogP contribution < -0.4 is 10.1 Å². The van der Waals surface area contributed by atoms with Crippen LogP contribution in [0.2, 0.25) is 0 Å². The molecule has 1 amide bonds. The monoisotopic (exact) mass is 385 g/mol. The standard InChI is InChI=1S/C21H27N3O4/c1-14(2)19(25)11-18-10-17(9-15(3)24-18)21(26)23-13-16-5-6-20(22-12-16)28-8-7-27-4/h5-6,9-10,12,14H,7-8,11,13H2,1-4H3,(H,23,26). The molecule has 0 aliphatic carbocycles. The maximum absolute atomic E-state index is 12.5. The number of aryl methyl sites for hydroxylation is 1. The Balaban J connectivity index is 1.95. The van der Waals surface area contributed by atoms with Crippen molar-refractivity contribution >= 4 is 11.7 Å². The zero-order chi connectivity index (χ0) is 20.5. The number of carbonyl (C=O) groups is 2. The van der Waals surface area contributed by atoms with Crippen LogP contribution in [-0.2, 0) is 22.5 Å². The van der Waals surface area contributed by atoms with Gasteiger partial charge in [-0.15, -0.1) is 0 Å². The molecule has 150 valence electrons. The van der Waals surface area contributed by atoms with Crippen molar-refractivity contribution in [1.82, 2.24) is 15.3 Å². The molecule has 0 aliphatic rings. The largest absolute Gasteiger partial charge is 0.475 e. The minimum Gasteiger partial charge on any atom is -0.475 e. The third-order valence-electron chi connectivity index (χ3n) is 4.06. The fourth-order valence-corrected chi connectivity index (χ4v) is 2.46. The average molecular weight is 385 g/mol. The number of rotatable bonds is 10. The van der Waals surface area contributed by atoms with Crippen LogP contribution in [-0.4, -0.2) is 42.0 Å². The van der Waals surface area contributed by atoms with Crippen molar-refractivity contribution in [2.45, 2.75) is 33.7 Å². The number of ketones is 1. The molecule has 0 fully saturated rings. The van der Waals surface area contributed by atoms with Gasteiger partial charge in [0.05, 0.1) is 6.61 Å². The van der Waals surface area contributed by atoms with Gasteiger partial charge in [0.2, 0.25) is 5.88 Å². The van der Waals surface area contributed by atoms with E-state index >= 15 is 0 Å². The van der Waals surface area contributed by atoms with E-state index in [9.17, 15) is 9.59 Å². The molecule has 2 rings (SSSR count). The van der Waals surface area contributed by atoms with E-state index in [0.717, 1.165) is 5.56 Å². The SMILES string of the molecule is COCCOc1ccc(CNC(=O)c2cc(C)nc(CC(=O)C(C)C)c2)cn1. The lowest BCUT2D eigenvalue weighted by molar-refractivity contribution is -0.121. The Morgan fingerprint density at radius 2 is 1.96 bits per heavy atom. The van der Waals surface area contributed by atoms with Crippen molar-refractivity contribution in [1.29, 1.82) is 0 Å². The van der Waals surface area contributed by atoms with E-state index in [2.05, 4.69) is 15.3 Å². The van der Waals surface area contributed by atoms with E-state index < -0.39 is 0 Å². The van der Waals surface area contributed by atoms with Gasteiger partial charge in [-0.25, -0.2) is 4.98 Å². The van der Waals surface area contributed by atoms with Gasteiger partial charge in [0.15, 0.2) is 0 Å². The Hall–Kier alpha value is -2.80. The number of Topliss-reactive ketones (excluding diaryl/α,β-unsaturated/α-hetero) is 1. The quantitative estimate of drug-likeness (QED) is 0.632. The van der Waals surface area contributed by atoms with E-state index in [1.165, 1.54) is 0 Å². The maximum atomic E-state index is 12.5. The second-order valence-corrected chi connectivity index (χ2v) is 6.81. The normalized spacial score (nSPS) is 10.8. The Morgan fingerprint density at radius 3 is 2.61 bits per heavy atom. The third-order valence-corrected chi connectivity index (χ3v) is 4.06. The summed E-state index contributed by atoms with van der Waals surface area (Å²) in [5.41, 5.74) is 2.67. The number of nitrogens with zero attached hydrogens (tertiary/aromatic N) is 2. The summed E-state index contributed by atoms with van der Waals surface area (Å²) in [6.45, 7) is 6.79. The van der Waals surface area contributed by atoms with Gasteiger partial charge in [-0.1, -0.05) is 19.9 Å². The molecular formula is C21H27N3O4. The molecule has 28 heavy (non-hydrogen) atoms. The molecule has 0 aromatic carbocycles. The minimum absolute atomic E-state index is 0.0615. The third kappa shape index (κ3) is 6.74. The first-order valence-corrected chi connectivity index (χ1v) is 9.24. The van der Waals surface area contributed by atoms with Gasteiger partial charge in [0, 0.05) is 55.2 Å². The molecule has 7 nitrogen and oxygen atoms in total. The average Bonchev–Trinajstić information content (AvgIpc) is 2.66. The number of pyridine rings is 2. The zero-order valence-corrected chi connectivity index (χ0v) is 16.8. The molecule has 2 aromatic heterocycles. The Bertz CT molecular complexity index is 804. The first kappa shape index (κ1) is 21.5. The number of carbonyl (C=O) groups excluding carboxylic acids is 2. The van der Waals surface area contributed by atoms with Gasteiger partial charge < -0.3 is 14.8 Å². The summed E-state index contributed by atoms with van der Waals surface area (Å²) in [5.74, 6) is 0.331. The second kappa shape index (κ2) is 10.5. The molecule has 2 aromatic rings. The zero-order valence-electron chi connectivity index (χ0n) is 16.8. The van der Waals surface area contributed by atoms with Crippen molar-refractivity contribution < 1.29 is 19.1 Å². The lowest BCUT2D eigenvalue weighted by Crippen LogP contribution is -2.23. The molecule has 0 saturated carbocycles. The van der Waals surface area contributed by atoms with Crippen LogP contribution >= 0.6 is 0 Å². The molecule has 0 spiro atoms. The van der Waals surface area contributed by atoms with Gasteiger partial charge in [0.1, 0.15) is 12.4 Å². The summed E-state index contributed by atoms with van der Waals surface area (Å²) < 4.78 is 10.3. The first-order chi connectivity index (χ1) is 13.4. The number of ether oxygens (including phenoxy) is 2. The second-order valence-electron chi connectivity index (χ2n) is 6.81. The van der Waals surface area contributed by atoms with Crippen molar-refractivity contribution in [3.63, 3.8) is 0 Å². The highest BCUT2D eigenvalue weighted by Gasteiger charge is 2.13. The summed E-state index contributed by atoms with van der Waals surface area (Å²) in [6, 6.07) is 6.99. The number of amides is 1. The number of hydrogen-bond acceptors (Lipinski definition) is 6. The van der Waals surface area contributed by atoms with Gasteiger partial charge in [-0.2, -0.15) is 0 Å². The highest BCUT2D eigenvalue weighted by molar-refractivity contribution is 5.94. The maximum Gasteiger partial charge on any atom is 0.251 e. The lowest BCUT2D eigenvalue weighted by Gasteiger charge is -2.09. The predicted molar refractivity (Wildman–Crippen MR) is 105 cm³/mol. The van der Waals surface area contributed by atoms with Crippen molar-refractivity contribution in [3.05, 3.63) is 53.0 Å². The molecule has 7 heteroatoms. The minimum atomic E-state index is -0.218.